The van der Waals surface area contributed by atoms with Crippen molar-refractivity contribution in [1.82, 2.24) is 0 Å². The standard InChI is InChI=1S/C49H53Ge/c1-28-20-32(5)44(33(6)21-28)40-16-14-17-41(45-34(7)22-29(2)23-35(45)8)48(40)50(13)49-42(46-36(9)24-30(3)25-37(46)10)18-15-19-43(49)47-38(11)26-31(4)27-39(47)12/h14-27H,1-13H3. The summed E-state index contributed by atoms with van der Waals surface area (Å²) >= 11 is -2.38. The molecule has 0 amide bonds. The second-order valence-corrected chi connectivity index (χ2v) is 19.9. The number of rotatable bonds is 6. The van der Waals surface area contributed by atoms with E-state index >= 15 is 0 Å². The number of benzene rings is 6. The van der Waals surface area contributed by atoms with Gasteiger partial charge >= 0.3 is 308 Å². The van der Waals surface area contributed by atoms with Crippen LogP contribution in [0.15, 0.2) is 84.9 Å². The fourth-order valence-corrected chi connectivity index (χ4v) is 15.0. The first-order valence-corrected chi connectivity index (χ1v) is 22.3. The summed E-state index contributed by atoms with van der Waals surface area (Å²) < 4.78 is 3.13. The summed E-state index contributed by atoms with van der Waals surface area (Å²) in [5.74, 6) is 2.64. The summed E-state index contributed by atoms with van der Waals surface area (Å²) in [4.78, 5) is 0. The number of hydrogen-bond donors (Lipinski definition) is 0. The predicted octanol–water partition coefficient (Wildman–Crippen LogP) is 12.3. The third kappa shape index (κ3) is 6.44. The van der Waals surface area contributed by atoms with Crippen molar-refractivity contribution in [2.45, 2.75) is 88.8 Å². The maximum atomic E-state index is 2.64. The van der Waals surface area contributed by atoms with Crippen LogP contribution in [0.5, 0.6) is 0 Å². The van der Waals surface area contributed by atoms with Crippen LogP contribution in [0.2, 0.25) is 5.76 Å². The molecule has 0 nitrogen and oxygen atoms in total. The Labute approximate surface area is 306 Å². The zero-order chi connectivity index (χ0) is 36.2. The van der Waals surface area contributed by atoms with Crippen LogP contribution in [-0.2, 0) is 0 Å². The first-order chi connectivity index (χ1) is 23.7. The van der Waals surface area contributed by atoms with Gasteiger partial charge in [-0.15, -0.1) is 0 Å². The van der Waals surface area contributed by atoms with E-state index in [0.29, 0.717) is 0 Å². The molecular weight excluding hydrogens is 661 g/mol. The first kappa shape index (κ1) is 35.7. The molecule has 0 bridgehead atoms. The Morgan fingerprint density at radius 3 is 0.660 bits per heavy atom. The summed E-state index contributed by atoms with van der Waals surface area (Å²) in [5.41, 5.74) is 27.3. The van der Waals surface area contributed by atoms with Crippen molar-refractivity contribution >= 4 is 23.1 Å². The summed E-state index contributed by atoms with van der Waals surface area (Å²) in [7, 11) is 0. The van der Waals surface area contributed by atoms with Crippen LogP contribution in [0, 0.1) is 83.1 Å². The van der Waals surface area contributed by atoms with E-state index in [4.69, 9.17) is 0 Å². The molecule has 6 aromatic carbocycles. The Bertz CT molecular complexity index is 1890. The zero-order valence-electron chi connectivity index (χ0n) is 32.6. The molecule has 50 heavy (non-hydrogen) atoms. The van der Waals surface area contributed by atoms with Crippen LogP contribution in [0.25, 0.3) is 44.5 Å². The van der Waals surface area contributed by atoms with Crippen LogP contribution in [-0.4, -0.2) is 14.3 Å². The first-order valence-electron chi connectivity index (χ1n) is 18.1. The summed E-state index contributed by atoms with van der Waals surface area (Å²) in [5, 5.41) is 0. The molecule has 0 aliphatic carbocycles. The van der Waals surface area contributed by atoms with Crippen LogP contribution in [0.4, 0.5) is 0 Å². The quantitative estimate of drug-likeness (QED) is 0.151. The van der Waals surface area contributed by atoms with Crippen molar-refractivity contribution < 1.29 is 0 Å². The molecule has 0 saturated heterocycles. The van der Waals surface area contributed by atoms with Gasteiger partial charge in [0.1, 0.15) is 0 Å². The van der Waals surface area contributed by atoms with Gasteiger partial charge in [-0.25, -0.2) is 0 Å². The Hall–Kier alpha value is -4.14. The average molecular weight is 715 g/mol. The minimum atomic E-state index is -2.38. The van der Waals surface area contributed by atoms with Crippen molar-refractivity contribution in [2.24, 2.45) is 0 Å². The van der Waals surface area contributed by atoms with Crippen molar-refractivity contribution in [1.29, 1.82) is 0 Å². The van der Waals surface area contributed by atoms with E-state index in [1.165, 1.54) is 111 Å². The van der Waals surface area contributed by atoms with Crippen molar-refractivity contribution in [3.8, 4) is 44.5 Å². The molecule has 0 spiro atoms. The van der Waals surface area contributed by atoms with Gasteiger partial charge in [0.15, 0.2) is 0 Å². The van der Waals surface area contributed by atoms with E-state index in [-0.39, 0.29) is 0 Å². The number of aryl methyl sites for hydroxylation is 12. The van der Waals surface area contributed by atoms with Crippen LogP contribution in [0.1, 0.15) is 66.8 Å². The molecule has 6 rings (SSSR count). The Kier molecular flexibility index (Phi) is 9.90. The molecule has 0 aliphatic rings. The molecule has 0 aromatic heterocycles. The molecule has 0 unspecified atom stereocenters. The van der Waals surface area contributed by atoms with E-state index in [0.717, 1.165) is 0 Å². The van der Waals surface area contributed by atoms with Crippen LogP contribution in [0.3, 0.4) is 0 Å². The fraction of sp³-hybridized carbons (Fsp3) is 0.265. The van der Waals surface area contributed by atoms with Gasteiger partial charge in [0.25, 0.3) is 0 Å². The van der Waals surface area contributed by atoms with E-state index in [1.807, 2.05) is 0 Å². The van der Waals surface area contributed by atoms with Crippen molar-refractivity contribution in [2.75, 3.05) is 0 Å². The SMILES string of the molecule is Cc1cc(C)c(-c2cccc(-c3c(C)cc(C)cc3C)[c]2[Ge]([CH3])[c]2c(-c3c(C)cc(C)cc3C)cccc2-c2c(C)cc(C)cc2C)c(C)c1. The van der Waals surface area contributed by atoms with E-state index in [9.17, 15) is 0 Å². The van der Waals surface area contributed by atoms with Gasteiger partial charge in [0.05, 0.1) is 0 Å². The van der Waals surface area contributed by atoms with E-state index in [2.05, 4.69) is 174 Å². The van der Waals surface area contributed by atoms with Gasteiger partial charge in [-0.2, -0.15) is 0 Å². The molecule has 0 fully saturated rings. The molecule has 1 radical (unpaired) electrons. The van der Waals surface area contributed by atoms with Gasteiger partial charge in [-0.1, -0.05) is 0 Å². The van der Waals surface area contributed by atoms with Gasteiger partial charge in [0.2, 0.25) is 0 Å². The molecule has 253 valence electrons. The third-order valence-corrected chi connectivity index (χ3v) is 16.1. The Balaban J connectivity index is 1.81. The second kappa shape index (κ2) is 13.9. The molecule has 6 aromatic rings. The third-order valence-electron chi connectivity index (χ3n) is 10.7. The Morgan fingerprint density at radius 1 is 0.300 bits per heavy atom. The van der Waals surface area contributed by atoms with Gasteiger partial charge in [-0.3, -0.25) is 0 Å². The fourth-order valence-electron chi connectivity index (χ4n) is 9.29. The zero-order valence-corrected chi connectivity index (χ0v) is 34.7. The molecular formula is C49H53Ge. The topological polar surface area (TPSA) is 0 Å². The average Bonchev–Trinajstić information content (AvgIpc) is 2.99. The van der Waals surface area contributed by atoms with E-state index in [1.54, 1.807) is 8.79 Å². The minimum absolute atomic E-state index is 1.32. The summed E-state index contributed by atoms with van der Waals surface area (Å²) in [6, 6.07) is 33.3. The molecule has 0 atom stereocenters. The van der Waals surface area contributed by atoms with Gasteiger partial charge in [0, 0.05) is 0 Å². The molecule has 0 heterocycles. The second-order valence-electron chi connectivity index (χ2n) is 15.2. The molecule has 0 saturated carbocycles. The normalized spacial score (nSPS) is 11.5. The van der Waals surface area contributed by atoms with Crippen LogP contribution < -0.4 is 8.79 Å². The van der Waals surface area contributed by atoms with Gasteiger partial charge < -0.3 is 0 Å². The maximum absolute atomic E-state index is 2.64. The van der Waals surface area contributed by atoms with Crippen molar-refractivity contribution in [3.05, 3.63) is 152 Å². The van der Waals surface area contributed by atoms with Crippen molar-refractivity contribution in [3.63, 3.8) is 0 Å². The number of hydrogen-bond acceptors (Lipinski definition) is 0. The van der Waals surface area contributed by atoms with Gasteiger partial charge in [-0.05, 0) is 0 Å². The summed E-state index contributed by atoms with van der Waals surface area (Å²) in [6.45, 7) is 27.3. The molecule has 0 aliphatic heterocycles. The van der Waals surface area contributed by atoms with Crippen LogP contribution >= 0.6 is 0 Å². The molecule has 1 heteroatoms. The monoisotopic (exact) mass is 715 g/mol. The molecule has 0 N–H and O–H groups in total. The van der Waals surface area contributed by atoms with E-state index < -0.39 is 14.3 Å². The Morgan fingerprint density at radius 2 is 0.480 bits per heavy atom. The summed E-state index contributed by atoms with van der Waals surface area (Å²) in [6.07, 6.45) is 0. The predicted molar refractivity (Wildman–Crippen MR) is 222 cm³/mol.